The molecule has 4 nitrogen and oxygen atoms in total. The SMILES string of the molecule is O=Cc1cnc(Cc2nc3ccccc3[nH]2)s1. The lowest BCUT2D eigenvalue weighted by Crippen LogP contribution is -1.88. The van der Waals surface area contributed by atoms with Crippen molar-refractivity contribution in [3.8, 4) is 0 Å². The van der Waals surface area contributed by atoms with Gasteiger partial charge in [0.25, 0.3) is 0 Å². The molecule has 0 saturated heterocycles. The fraction of sp³-hybridized carbons (Fsp3) is 0.0833. The highest BCUT2D eigenvalue weighted by Gasteiger charge is 2.06. The van der Waals surface area contributed by atoms with Gasteiger partial charge in [-0.15, -0.1) is 11.3 Å². The number of thiazole rings is 1. The lowest BCUT2D eigenvalue weighted by Gasteiger charge is -1.89. The van der Waals surface area contributed by atoms with Gasteiger partial charge < -0.3 is 4.98 Å². The molecule has 3 aromatic rings. The molecular weight excluding hydrogens is 234 g/mol. The molecule has 5 heteroatoms. The minimum absolute atomic E-state index is 0.632. The summed E-state index contributed by atoms with van der Waals surface area (Å²) in [5.74, 6) is 0.873. The monoisotopic (exact) mass is 243 g/mol. The fourth-order valence-electron chi connectivity index (χ4n) is 1.69. The Morgan fingerprint density at radius 2 is 2.24 bits per heavy atom. The van der Waals surface area contributed by atoms with Gasteiger partial charge in [0.1, 0.15) is 10.8 Å². The number of aldehydes is 1. The highest BCUT2D eigenvalue weighted by molar-refractivity contribution is 7.13. The highest BCUT2D eigenvalue weighted by Crippen LogP contribution is 2.16. The van der Waals surface area contributed by atoms with Crippen molar-refractivity contribution in [1.82, 2.24) is 15.0 Å². The van der Waals surface area contributed by atoms with Crippen LogP contribution in [0.4, 0.5) is 0 Å². The Labute approximate surface area is 101 Å². The van der Waals surface area contributed by atoms with Crippen LogP contribution in [-0.4, -0.2) is 21.2 Å². The largest absolute Gasteiger partial charge is 0.342 e. The molecule has 0 aliphatic heterocycles. The number of para-hydroxylation sites is 2. The Hall–Kier alpha value is -2.01. The van der Waals surface area contributed by atoms with Crippen LogP contribution in [0.2, 0.25) is 0 Å². The van der Waals surface area contributed by atoms with Crippen molar-refractivity contribution < 1.29 is 4.79 Å². The minimum Gasteiger partial charge on any atom is -0.342 e. The molecule has 0 atom stereocenters. The molecule has 0 amide bonds. The Balaban J connectivity index is 1.91. The van der Waals surface area contributed by atoms with Crippen LogP contribution in [0.3, 0.4) is 0 Å². The second-order valence-corrected chi connectivity index (χ2v) is 4.80. The molecule has 0 spiro atoms. The van der Waals surface area contributed by atoms with Crippen LogP contribution in [0.15, 0.2) is 30.5 Å². The number of imidazole rings is 1. The first kappa shape index (κ1) is 10.2. The van der Waals surface area contributed by atoms with E-state index >= 15 is 0 Å². The molecule has 0 aliphatic carbocycles. The number of fused-ring (bicyclic) bond motifs is 1. The van der Waals surface area contributed by atoms with Crippen molar-refractivity contribution in [1.29, 1.82) is 0 Å². The third-order valence-electron chi connectivity index (χ3n) is 2.44. The zero-order valence-corrected chi connectivity index (χ0v) is 9.70. The minimum atomic E-state index is 0.632. The maximum Gasteiger partial charge on any atom is 0.161 e. The molecule has 17 heavy (non-hydrogen) atoms. The number of hydrogen-bond acceptors (Lipinski definition) is 4. The van der Waals surface area contributed by atoms with Crippen LogP contribution in [0.25, 0.3) is 11.0 Å². The number of nitrogens with one attached hydrogen (secondary N) is 1. The molecule has 2 heterocycles. The molecule has 3 rings (SSSR count). The molecule has 0 saturated carbocycles. The predicted octanol–water partition coefficient (Wildman–Crippen LogP) is 2.42. The van der Waals surface area contributed by atoms with Crippen LogP contribution in [0, 0.1) is 0 Å². The second-order valence-electron chi connectivity index (χ2n) is 3.65. The van der Waals surface area contributed by atoms with E-state index in [0.29, 0.717) is 11.3 Å². The number of aromatic amines is 1. The van der Waals surface area contributed by atoms with Crippen molar-refractivity contribution >= 4 is 28.7 Å². The molecule has 2 aromatic heterocycles. The maximum atomic E-state index is 10.6. The summed E-state index contributed by atoms with van der Waals surface area (Å²) in [5, 5.41) is 0.895. The average Bonchev–Trinajstić information content (AvgIpc) is 2.94. The van der Waals surface area contributed by atoms with Gasteiger partial charge in [0.05, 0.1) is 22.3 Å². The van der Waals surface area contributed by atoms with E-state index in [4.69, 9.17) is 0 Å². The predicted molar refractivity (Wildman–Crippen MR) is 66.4 cm³/mol. The van der Waals surface area contributed by atoms with Crippen LogP contribution in [0.1, 0.15) is 20.5 Å². The smallest absolute Gasteiger partial charge is 0.161 e. The van der Waals surface area contributed by atoms with Crippen molar-refractivity contribution in [2.24, 2.45) is 0 Å². The summed E-state index contributed by atoms with van der Waals surface area (Å²) >= 11 is 1.40. The first-order valence-electron chi connectivity index (χ1n) is 5.18. The Morgan fingerprint density at radius 1 is 1.35 bits per heavy atom. The zero-order valence-electron chi connectivity index (χ0n) is 8.88. The lowest BCUT2D eigenvalue weighted by molar-refractivity contribution is 0.112. The van der Waals surface area contributed by atoms with Gasteiger partial charge in [-0.1, -0.05) is 12.1 Å². The van der Waals surface area contributed by atoms with E-state index in [9.17, 15) is 4.79 Å². The van der Waals surface area contributed by atoms with Gasteiger partial charge >= 0.3 is 0 Å². The normalized spacial score (nSPS) is 10.8. The van der Waals surface area contributed by atoms with Crippen LogP contribution >= 0.6 is 11.3 Å². The Bertz CT molecular complexity index is 638. The van der Waals surface area contributed by atoms with E-state index in [1.165, 1.54) is 11.3 Å². The molecule has 84 valence electrons. The number of aromatic nitrogens is 3. The van der Waals surface area contributed by atoms with Crippen molar-refractivity contribution in [3.63, 3.8) is 0 Å². The first-order chi connectivity index (χ1) is 8.35. The third kappa shape index (κ3) is 1.97. The molecule has 0 unspecified atom stereocenters. The van der Waals surface area contributed by atoms with Gasteiger partial charge in [-0.25, -0.2) is 9.97 Å². The van der Waals surface area contributed by atoms with Crippen LogP contribution in [0.5, 0.6) is 0 Å². The van der Waals surface area contributed by atoms with Crippen LogP contribution in [-0.2, 0) is 6.42 Å². The molecular formula is C12H9N3OS. The zero-order chi connectivity index (χ0) is 11.7. The summed E-state index contributed by atoms with van der Waals surface area (Å²) in [6.45, 7) is 0. The molecule has 0 aliphatic rings. The Morgan fingerprint density at radius 3 is 3.00 bits per heavy atom. The quantitative estimate of drug-likeness (QED) is 0.719. The summed E-state index contributed by atoms with van der Waals surface area (Å²) < 4.78 is 0. The number of rotatable bonds is 3. The van der Waals surface area contributed by atoms with E-state index in [1.807, 2.05) is 24.3 Å². The van der Waals surface area contributed by atoms with Gasteiger partial charge in [0, 0.05) is 6.20 Å². The second kappa shape index (κ2) is 4.10. The van der Waals surface area contributed by atoms with E-state index in [1.54, 1.807) is 6.20 Å². The molecule has 0 radical (unpaired) electrons. The van der Waals surface area contributed by atoms with Crippen molar-refractivity contribution in [2.45, 2.75) is 6.42 Å². The van der Waals surface area contributed by atoms with E-state index in [-0.39, 0.29) is 0 Å². The summed E-state index contributed by atoms with van der Waals surface area (Å²) in [4.78, 5) is 23.1. The summed E-state index contributed by atoms with van der Waals surface area (Å²) in [6.07, 6.45) is 3.04. The number of nitrogens with zero attached hydrogens (tertiary/aromatic N) is 2. The van der Waals surface area contributed by atoms with Gasteiger partial charge in [0.15, 0.2) is 6.29 Å². The third-order valence-corrected chi connectivity index (χ3v) is 3.37. The average molecular weight is 243 g/mol. The molecule has 0 bridgehead atoms. The number of carbonyl (C=O) groups excluding carboxylic acids is 1. The fourth-order valence-corrected chi connectivity index (χ4v) is 2.43. The topological polar surface area (TPSA) is 58.6 Å². The van der Waals surface area contributed by atoms with E-state index in [2.05, 4.69) is 15.0 Å². The van der Waals surface area contributed by atoms with E-state index < -0.39 is 0 Å². The summed E-state index contributed by atoms with van der Waals surface area (Å²) in [5.41, 5.74) is 1.98. The maximum absolute atomic E-state index is 10.6. The molecule has 0 fully saturated rings. The molecule has 1 aromatic carbocycles. The van der Waals surface area contributed by atoms with Gasteiger partial charge in [0.2, 0.25) is 0 Å². The van der Waals surface area contributed by atoms with Gasteiger partial charge in [-0.3, -0.25) is 4.79 Å². The van der Waals surface area contributed by atoms with Gasteiger partial charge in [-0.05, 0) is 12.1 Å². The standard InChI is InChI=1S/C12H9N3OS/c16-7-8-6-13-12(17-8)5-11-14-9-3-1-2-4-10(9)15-11/h1-4,6-7H,5H2,(H,14,15). The highest BCUT2D eigenvalue weighted by atomic mass is 32.1. The number of hydrogen-bond donors (Lipinski definition) is 1. The van der Waals surface area contributed by atoms with Crippen LogP contribution < -0.4 is 0 Å². The molecule has 1 N–H and O–H groups in total. The number of benzene rings is 1. The van der Waals surface area contributed by atoms with Gasteiger partial charge in [-0.2, -0.15) is 0 Å². The summed E-state index contributed by atoms with van der Waals surface area (Å²) in [6, 6.07) is 7.89. The van der Waals surface area contributed by atoms with Crippen molar-refractivity contribution in [3.05, 3.63) is 46.2 Å². The van der Waals surface area contributed by atoms with E-state index in [0.717, 1.165) is 28.2 Å². The number of H-pyrrole nitrogens is 1. The Kier molecular flexibility index (Phi) is 2.45. The first-order valence-corrected chi connectivity index (χ1v) is 6.00. The number of carbonyl (C=O) groups is 1. The van der Waals surface area contributed by atoms with Crippen molar-refractivity contribution in [2.75, 3.05) is 0 Å². The lowest BCUT2D eigenvalue weighted by atomic mass is 10.3. The summed E-state index contributed by atoms with van der Waals surface area (Å²) in [7, 11) is 0.